The van der Waals surface area contributed by atoms with Crippen molar-refractivity contribution < 1.29 is 13.2 Å². The van der Waals surface area contributed by atoms with E-state index in [9.17, 15) is 8.42 Å². The number of halogens is 1. The fourth-order valence-electron chi connectivity index (χ4n) is 1.61. The van der Waals surface area contributed by atoms with Crippen LogP contribution in [0.4, 0.5) is 5.69 Å². The summed E-state index contributed by atoms with van der Waals surface area (Å²) in [5.41, 5.74) is 0.447. The van der Waals surface area contributed by atoms with Gasteiger partial charge in [0.05, 0.1) is 23.6 Å². The third kappa shape index (κ3) is 5.98. The van der Waals surface area contributed by atoms with Crippen molar-refractivity contribution in [3.8, 4) is 5.75 Å². The predicted molar refractivity (Wildman–Crippen MR) is 83.2 cm³/mol. The zero-order chi connectivity index (χ0) is 15.2. The highest BCUT2D eigenvalue weighted by atomic mass is 35.5. The van der Waals surface area contributed by atoms with Gasteiger partial charge in [-0.15, -0.1) is 0 Å². The third-order valence-corrected chi connectivity index (χ3v) is 4.25. The summed E-state index contributed by atoms with van der Waals surface area (Å²) in [6.07, 6.45) is 0.554. The van der Waals surface area contributed by atoms with Gasteiger partial charge in [0, 0.05) is 12.1 Å². The molecule has 114 valence electrons. The van der Waals surface area contributed by atoms with Crippen LogP contribution in [0.2, 0.25) is 5.02 Å². The molecule has 0 aliphatic heterocycles. The molecule has 5 nitrogen and oxygen atoms in total. The summed E-state index contributed by atoms with van der Waals surface area (Å²) >= 11 is 5.89. The molecule has 0 fully saturated rings. The van der Waals surface area contributed by atoms with Crippen molar-refractivity contribution in [2.75, 3.05) is 24.1 Å². The normalized spacial score (nSPS) is 11.7. The molecule has 0 aliphatic carbocycles. The van der Waals surface area contributed by atoms with E-state index in [1.165, 1.54) is 7.11 Å². The fourth-order valence-corrected chi connectivity index (χ4v) is 2.91. The summed E-state index contributed by atoms with van der Waals surface area (Å²) in [6, 6.07) is 5.12. The van der Waals surface area contributed by atoms with Gasteiger partial charge in [-0.1, -0.05) is 25.4 Å². The van der Waals surface area contributed by atoms with Gasteiger partial charge in [-0.05, 0) is 25.1 Å². The third-order valence-electron chi connectivity index (χ3n) is 2.57. The summed E-state index contributed by atoms with van der Waals surface area (Å²) in [5, 5.41) is 3.62. The molecule has 0 aromatic heterocycles. The van der Waals surface area contributed by atoms with Gasteiger partial charge in [0.1, 0.15) is 5.75 Å². The molecular formula is C13H21ClN2O3S. The Labute approximate surface area is 125 Å². The standard InChI is InChI=1S/C13H21ClN2O3S/c1-10(2)15-7-4-8-20(17,18)16-11-5-6-12(14)13(9-11)19-3/h5-6,9-10,15-16H,4,7-8H2,1-3H3. The molecule has 0 saturated carbocycles. The highest BCUT2D eigenvalue weighted by molar-refractivity contribution is 7.92. The fraction of sp³-hybridized carbons (Fsp3) is 0.538. The maximum absolute atomic E-state index is 11.9. The highest BCUT2D eigenvalue weighted by Gasteiger charge is 2.11. The zero-order valence-electron chi connectivity index (χ0n) is 11.9. The summed E-state index contributed by atoms with van der Waals surface area (Å²) in [6.45, 7) is 4.71. The summed E-state index contributed by atoms with van der Waals surface area (Å²) in [7, 11) is -1.88. The van der Waals surface area contributed by atoms with Gasteiger partial charge >= 0.3 is 0 Å². The minimum Gasteiger partial charge on any atom is -0.495 e. The second-order valence-corrected chi connectivity index (χ2v) is 6.98. The lowest BCUT2D eigenvalue weighted by Crippen LogP contribution is -2.26. The van der Waals surface area contributed by atoms with Crippen molar-refractivity contribution in [2.24, 2.45) is 0 Å². The lowest BCUT2D eigenvalue weighted by molar-refractivity contribution is 0.415. The molecule has 0 heterocycles. The second kappa shape index (κ2) is 7.71. The van der Waals surface area contributed by atoms with Crippen molar-refractivity contribution in [3.63, 3.8) is 0 Å². The maximum atomic E-state index is 11.9. The second-order valence-electron chi connectivity index (χ2n) is 4.73. The Morgan fingerprint density at radius 2 is 2.05 bits per heavy atom. The first-order valence-electron chi connectivity index (χ1n) is 6.41. The van der Waals surface area contributed by atoms with Crippen molar-refractivity contribution in [1.29, 1.82) is 0 Å². The number of methoxy groups -OCH3 is 1. The Balaban J connectivity index is 2.57. The minimum absolute atomic E-state index is 0.0671. The molecular weight excluding hydrogens is 300 g/mol. The Morgan fingerprint density at radius 1 is 1.35 bits per heavy atom. The average molecular weight is 321 g/mol. The van der Waals surface area contributed by atoms with E-state index in [4.69, 9.17) is 16.3 Å². The molecule has 0 spiro atoms. The molecule has 0 saturated heterocycles. The first-order valence-corrected chi connectivity index (χ1v) is 8.44. The quantitative estimate of drug-likeness (QED) is 0.722. The van der Waals surface area contributed by atoms with Crippen LogP contribution in [-0.4, -0.2) is 33.9 Å². The van der Waals surface area contributed by atoms with Crippen LogP contribution in [0.3, 0.4) is 0 Å². The molecule has 20 heavy (non-hydrogen) atoms. The minimum atomic E-state index is -3.36. The van der Waals surface area contributed by atoms with Gasteiger partial charge in [-0.3, -0.25) is 4.72 Å². The number of anilines is 1. The SMILES string of the molecule is COc1cc(NS(=O)(=O)CCCNC(C)C)ccc1Cl. The Hall–Kier alpha value is -0.980. The van der Waals surface area contributed by atoms with Gasteiger partial charge in [-0.2, -0.15) is 0 Å². The van der Waals surface area contributed by atoms with Crippen LogP contribution in [0.15, 0.2) is 18.2 Å². The molecule has 0 bridgehead atoms. The largest absolute Gasteiger partial charge is 0.495 e. The van der Waals surface area contributed by atoms with Crippen LogP contribution in [0.5, 0.6) is 5.75 Å². The van der Waals surface area contributed by atoms with Crippen molar-refractivity contribution in [3.05, 3.63) is 23.2 Å². The topological polar surface area (TPSA) is 67.4 Å². The van der Waals surface area contributed by atoms with Gasteiger partial charge < -0.3 is 10.1 Å². The van der Waals surface area contributed by atoms with Gasteiger partial charge in [0.25, 0.3) is 0 Å². The van der Waals surface area contributed by atoms with Crippen LogP contribution in [-0.2, 0) is 10.0 Å². The monoisotopic (exact) mass is 320 g/mol. The van der Waals surface area contributed by atoms with Crippen LogP contribution < -0.4 is 14.8 Å². The Kier molecular flexibility index (Phi) is 6.58. The Bertz CT molecular complexity index is 532. The summed E-state index contributed by atoms with van der Waals surface area (Å²) in [4.78, 5) is 0. The Morgan fingerprint density at radius 3 is 2.65 bits per heavy atom. The molecule has 1 aromatic rings. The van der Waals surface area contributed by atoms with Crippen LogP contribution in [0.1, 0.15) is 20.3 Å². The smallest absolute Gasteiger partial charge is 0.232 e. The van der Waals surface area contributed by atoms with E-state index in [1.807, 2.05) is 13.8 Å². The number of sulfonamides is 1. The van der Waals surface area contributed by atoms with E-state index in [0.717, 1.165) is 0 Å². The lowest BCUT2D eigenvalue weighted by Gasteiger charge is -2.11. The molecule has 0 aliphatic rings. The van der Waals surface area contributed by atoms with E-state index in [1.54, 1.807) is 18.2 Å². The first-order chi connectivity index (χ1) is 9.34. The van der Waals surface area contributed by atoms with E-state index in [0.29, 0.717) is 35.5 Å². The van der Waals surface area contributed by atoms with E-state index in [-0.39, 0.29) is 5.75 Å². The molecule has 7 heteroatoms. The molecule has 1 rings (SSSR count). The van der Waals surface area contributed by atoms with Crippen LogP contribution in [0, 0.1) is 0 Å². The average Bonchev–Trinajstić information content (AvgIpc) is 2.36. The van der Waals surface area contributed by atoms with Crippen LogP contribution >= 0.6 is 11.6 Å². The molecule has 0 amide bonds. The van der Waals surface area contributed by atoms with Crippen molar-refractivity contribution >= 4 is 27.3 Å². The molecule has 2 N–H and O–H groups in total. The lowest BCUT2D eigenvalue weighted by atomic mass is 10.3. The number of nitrogens with one attached hydrogen (secondary N) is 2. The predicted octanol–water partition coefficient (Wildman–Crippen LogP) is 2.48. The summed E-state index contributed by atoms with van der Waals surface area (Å²) in [5.74, 6) is 0.505. The highest BCUT2D eigenvalue weighted by Crippen LogP contribution is 2.27. The number of ether oxygens (including phenoxy) is 1. The number of benzene rings is 1. The van der Waals surface area contributed by atoms with Gasteiger partial charge in [-0.25, -0.2) is 8.42 Å². The zero-order valence-corrected chi connectivity index (χ0v) is 13.5. The van der Waals surface area contributed by atoms with Crippen molar-refractivity contribution in [1.82, 2.24) is 5.32 Å². The van der Waals surface area contributed by atoms with Gasteiger partial charge in [0.15, 0.2) is 0 Å². The molecule has 0 radical (unpaired) electrons. The molecule has 1 aromatic carbocycles. The van der Waals surface area contributed by atoms with E-state index < -0.39 is 10.0 Å². The molecule has 0 unspecified atom stereocenters. The molecule has 0 atom stereocenters. The van der Waals surface area contributed by atoms with Crippen molar-refractivity contribution in [2.45, 2.75) is 26.3 Å². The summed E-state index contributed by atoms with van der Waals surface area (Å²) < 4.78 is 31.4. The van der Waals surface area contributed by atoms with E-state index in [2.05, 4.69) is 10.0 Å². The number of hydrogen-bond acceptors (Lipinski definition) is 4. The van der Waals surface area contributed by atoms with E-state index >= 15 is 0 Å². The van der Waals surface area contributed by atoms with Crippen LogP contribution in [0.25, 0.3) is 0 Å². The first kappa shape index (κ1) is 17.1. The number of hydrogen-bond donors (Lipinski definition) is 2. The number of rotatable bonds is 8. The van der Waals surface area contributed by atoms with Gasteiger partial charge in [0.2, 0.25) is 10.0 Å². The maximum Gasteiger partial charge on any atom is 0.232 e.